The second-order valence-corrected chi connectivity index (χ2v) is 13.8. The molecule has 0 saturated carbocycles. The Labute approximate surface area is 280 Å². The predicted molar refractivity (Wildman–Crippen MR) is 185 cm³/mol. The topological polar surface area (TPSA) is 142 Å². The summed E-state index contributed by atoms with van der Waals surface area (Å²) in [4.78, 5) is 48.2. The molecule has 3 unspecified atom stereocenters. The van der Waals surface area contributed by atoms with Gasteiger partial charge in [0.2, 0.25) is 11.8 Å². The second-order valence-electron chi connectivity index (χ2n) is 13.8. The molecule has 0 aromatic rings. The zero-order valence-electron chi connectivity index (χ0n) is 29.9. The highest BCUT2D eigenvalue weighted by molar-refractivity contribution is 5.88. The van der Waals surface area contributed by atoms with Gasteiger partial charge >= 0.3 is 11.9 Å². The van der Waals surface area contributed by atoms with E-state index >= 15 is 0 Å². The maximum absolute atomic E-state index is 12.6. The van der Waals surface area contributed by atoms with Crippen molar-refractivity contribution in [3.8, 4) is 0 Å². The van der Waals surface area contributed by atoms with Gasteiger partial charge in [-0.15, -0.1) is 0 Å². The number of rotatable bonds is 32. The average Bonchev–Trinajstić information content (AvgIpc) is 3.00. The van der Waals surface area contributed by atoms with Gasteiger partial charge in [0.05, 0.1) is 19.6 Å². The molecule has 0 saturated heterocycles. The van der Waals surface area contributed by atoms with Crippen LogP contribution < -0.4 is 10.6 Å². The molecule has 0 rings (SSSR count). The Kier molecular flexibility index (Phi) is 28.8. The van der Waals surface area contributed by atoms with E-state index in [9.17, 15) is 19.2 Å². The first-order valence-corrected chi connectivity index (χ1v) is 18.7. The van der Waals surface area contributed by atoms with Crippen molar-refractivity contribution in [1.29, 1.82) is 0 Å². The molecule has 0 aliphatic carbocycles. The molecule has 0 aromatic heterocycles. The van der Waals surface area contributed by atoms with Crippen molar-refractivity contribution < 1.29 is 34.1 Å². The lowest BCUT2D eigenvalue weighted by molar-refractivity contribution is -0.151. The molecule has 270 valence electrons. The molecular weight excluding hydrogens is 584 g/mol. The summed E-state index contributed by atoms with van der Waals surface area (Å²) < 4.78 is 5.73. The third kappa shape index (κ3) is 28.1. The highest BCUT2D eigenvalue weighted by atomic mass is 16.5. The van der Waals surface area contributed by atoms with E-state index in [0.29, 0.717) is 12.8 Å². The Balaban J connectivity index is 4.46. The van der Waals surface area contributed by atoms with Gasteiger partial charge in [0.25, 0.3) is 0 Å². The van der Waals surface area contributed by atoms with E-state index in [2.05, 4.69) is 38.3 Å². The lowest BCUT2D eigenvalue weighted by Crippen LogP contribution is -2.47. The smallest absolute Gasteiger partial charge is 0.328 e. The van der Waals surface area contributed by atoms with Crippen LogP contribution in [0.3, 0.4) is 0 Å². The van der Waals surface area contributed by atoms with Gasteiger partial charge in [0.1, 0.15) is 12.1 Å². The molecule has 0 heterocycles. The number of unbranched alkanes of at least 4 members (excludes halogenated alkanes) is 14. The number of nitrogens with one attached hydrogen (secondary N) is 2. The summed E-state index contributed by atoms with van der Waals surface area (Å²) >= 11 is 0. The number of aliphatic hydroxyl groups is 1. The Morgan fingerprint density at radius 3 is 1.65 bits per heavy atom. The van der Waals surface area contributed by atoms with Crippen molar-refractivity contribution in [1.82, 2.24) is 10.6 Å². The molecule has 0 aromatic carbocycles. The van der Waals surface area contributed by atoms with E-state index in [-0.39, 0.29) is 12.4 Å². The number of carbonyl (C=O) groups excluding carboxylic acids is 3. The van der Waals surface area contributed by atoms with Crippen molar-refractivity contribution in [3.63, 3.8) is 0 Å². The first-order valence-electron chi connectivity index (χ1n) is 18.7. The average molecular weight is 655 g/mol. The molecule has 9 heteroatoms. The van der Waals surface area contributed by atoms with E-state index in [1.807, 2.05) is 0 Å². The molecule has 9 nitrogen and oxygen atoms in total. The monoisotopic (exact) mass is 655 g/mol. The fourth-order valence-corrected chi connectivity index (χ4v) is 5.78. The van der Waals surface area contributed by atoms with E-state index in [1.54, 1.807) is 0 Å². The molecular formula is C37H70N2O7. The number of aliphatic hydroxyl groups excluding tert-OH is 1. The zero-order valence-corrected chi connectivity index (χ0v) is 29.9. The van der Waals surface area contributed by atoms with Gasteiger partial charge in [-0.2, -0.15) is 0 Å². The quantitative estimate of drug-likeness (QED) is 0.0427. The number of esters is 1. The van der Waals surface area contributed by atoms with Gasteiger partial charge < -0.3 is 25.6 Å². The van der Waals surface area contributed by atoms with Crippen molar-refractivity contribution in [2.45, 2.75) is 188 Å². The van der Waals surface area contributed by atoms with Gasteiger partial charge in [-0.25, -0.2) is 4.79 Å². The van der Waals surface area contributed by atoms with Gasteiger partial charge in [-0.05, 0) is 31.1 Å². The summed E-state index contributed by atoms with van der Waals surface area (Å²) in [5, 5.41) is 22.7. The molecule has 46 heavy (non-hydrogen) atoms. The van der Waals surface area contributed by atoms with Crippen LogP contribution in [-0.2, 0) is 23.9 Å². The molecule has 0 fully saturated rings. The first kappa shape index (κ1) is 43.8. The molecule has 3 atom stereocenters. The molecule has 0 bridgehead atoms. The van der Waals surface area contributed by atoms with Crippen LogP contribution in [0.4, 0.5) is 0 Å². The molecule has 2 amide bonds. The van der Waals surface area contributed by atoms with Crippen LogP contribution in [0.5, 0.6) is 0 Å². The number of carboxylic acid groups (broad SMARTS) is 1. The van der Waals surface area contributed by atoms with Crippen LogP contribution in [0.15, 0.2) is 0 Å². The molecule has 0 aliphatic rings. The Morgan fingerprint density at radius 1 is 0.652 bits per heavy atom. The van der Waals surface area contributed by atoms with E-state index in [0.717, 1.165) is 50.4 Å². The summed E-state index contributed by atoms with van der Waals surface area (Å²) in [5.41, 5.74) is 0. The summed E-state index contributed by atoms with van der Waals surface area (Å²) in [6.07, 6.45) is 24.0. The van der Waals surface area contributed by atoms with Gasteiger partial charge in [0, 0.05) is 6.42 Å². The van der Waals surface area contributed by atoms with Crippen LogP contribution in [0.25, 0.3) is 0 Å². The summed E-state index contributed by atoms with van der Waals surface area (Å²) in [6, 6.07) is -1.43. The summed E-state index contributed by atoms with van der Waals surface area (Å²) in [7, 11) is 0. The molecule has 0 aliphatic heterocycles. The number of carboxylic acids is 1. The number of carbonyl (C=O) groups is 4. The maximum atomic E-state index is 12.6. The highest BCUT2D eigenvalue weighted by Crippen LogP contribution is 2.18. The van der Waals surface area contributed by atoms with Crippen molar-refractivity contribution in [3.05, 3.63) is 0 Å². The number of ether oxygens (including phenoxy) is 1. The first-order chi connectivity index (χ1) is 22.1. The lowest BCUT2D eigenvalue weighted by atomic mass is 9.98. The van der Waals surface area contributed by atoms with E-state index in [1.165, 1.54) is 89.9 Å². The number of amides is 2. The van der Waals surface area contributed by atoms with Crippen LogP contribution in [0, 0.1) is 11.8 Å². The van der Waals surface area contributed by atoms with Crippen LogP contribution in [-0.4, -0.2) is 59.3 Å². The summed E-state index contributed by atoms with van der Waals surface area (Å²) in [6.45, 7) is 7.97. The zero-order chi connectivity index (χ0) is 34.4. The van der Waals surface area contributed by atoms with Gasteiger partial charge in [0.15, 0.2) is 0 Å². The number of aliphatic carboxylic acids is 1. The molecule has 0 spiro atoms. The van der Waals surface area contributed by atoms with E-state index < -0.39 is 43.1 Å². The minimum Gasteiger partial charge on any atom is -0.480 e. The van der Waals surface area contributed by atoms with Crippen LogP contribution in [0.2, 0.25) is 0 Å². The minimum absolute atomic E-state index is 0.0471. The van der Waals surface area contributed by atoms with Crippen LogP contribution in [0.1, 0.15) is 175 Å². The van der Waals surface area contributed by atoms with E-state index in [4.69, 9.17) is 14.9 Å². The predicted octanol–water partition coefficient (Wildman–Crippen LogP) is 7.86. The third-order valence-electron chi connectivity index (χ3n) is 8.64. The fraction of sp³-hybridized carbons (Fsp3) is 0.892. The van der Waals surface area contributed by atoms with Crippen molar-refractivity contribution in [2.75, 3.05) is 13.2 Å². The second kappa shape index (κ2) is 30.2. The molecule has 0 radical (unpaired) electrons. The standard InChI is InChI=1S/C37H70N2O7/c1-5-22-31(4)24-19-15-11-9-12-16-20-25-32(27-34(41)38-28-35(42)39-33(29-40)37(44)45)46-36(43)26-21-17-13-8-6-7-10-14-18-23-30(2)3/h30-33,40H,5-29H2,1-4H3,(H,38,41)(H,39,42)(H,44,45). The third-order valence-corrected chi connectivity index (χ3v) is 8.64. The highest BCUT2D eigenvalue weighted by Gasteiger charge is 2.21. The maximum Gasteiger partial charge on any atom is 0.328 e. The number of hydrogen-bond donors (Lipinski definition) is 4. The van der Waals surface area contributed by atoms with Crippen molar-refractivity contribution >= 4 is 23.8 Å². The SMILES string of the molecule is CCCC(C)CCCCCCCCCC(CC(=O)NCC(=O)NC(CO)C(=O)O)OC(=O)CCCCCCCCCCCC(C)C. The normalized spacial score (nSPS) is 13.3. The fourth-order valence-electron chi connectivity index (χ4n) is 5.78. The van der Waals surface area contributed by atoms with Gasteiger partial charge in [-0.1, -0.05) is 143 Å². The Hall–Kier alpha value is -2.16. The summed E-state index contributed by atoms with van der Waals surface area (Å²) in [5.74, 6) is -1.19. The Bertz CT molecular complexity index is 790. The molecule has 4 N–H and O–H groups in total. The Morgan fingerprint density at radius 2 is 1.15 bits per heavy atom. The van der Waals surface area contributed by atoms with Crippen molar-refractivity contribution in [2.24, 2.45) is 11.8 Å². The van der Waals surface area contributed by atoms with Gasteiger partial charge in [-0.3, -0.25) is 14.4 Å². The minimum atomic E-state index is -1.43. The number of hydrogen-bond acceptors (Lipinski definition) is 6. The largest absolute Gasteiger partial charge is 0.480 e. The van der Waals surface area contributed by atoms with Crippen LogP contribution >= 0.6 is 0 Å². The lowest BCUT2D eigenvalue weighted by Gasteiger charge is -2.18.